The van der Waals surface area contributed by atoms with Gasteiger partial charge in [0.25, 0.3) is 0 Å². The molecule has 1 N–H and O–H groups in total. The van der Waals surface area contributed by atoms with Gasteiger partial charge in [0.15, 0.2) is 5.65 Å². The van der Waals surface area contributed by atoms with Gasteiger partial charge in [0.05, 0.1) is 11.2 Å². The van der Waals surface area contributed by atoms with Gasteiger partial charge in [-0.15, -0.1) is 12.4 Å². The van der Waals surface area contributed by atoms with Crippen molar-refractivity contribution in [1.82, 2.24) is 19.4 Å². The molecule has 0 unspecified atom stereocenters. The molecule has 2 aromatic carbocycles. The van der Waals surface area contributed by atoms with E-state index in [9.17, 15) is 4.79 Å². The lowest BCUT2D eigenvalue weighted by Gasteiger charge is -2.23. The lowest BCUT2D eigenvalue weighted by atomic mass is 10.1. The number of rotatable bonds is 3. The van der Waals surface area contributed by atoms with Gasteiger partial charge in [-0.25, -0.2) is 9.78 Å². The summed E-state index contributed by atoms with van der Waals surface area (Å²) in [7, 11) is 0. The highest BCUT2D eigenvalue weighted by molar-refractivity contribution is 5.85. The number of imidazole rings is 1. The fraction of sp³-hybridized carbons (Fsp3) is 0.217. The van der Waals surface area contributed by atoms with Crippen molar-refractivity contribution in [2.24, 2.45) is 0 Å². The Hall–Kier alpha value is -2.89. The number of aromatic nitrogens is 3. The van der Waals surface area contributed by atoms with Gasteiger partial charge in [-0.3, -0.25) is 9.13 Å². The lowest BCUT2D eigenvalue weighted by Crippen LogP contribution is -2.34. The van der Waals surface area contributed by atoms with Crippen LogP contribution in [0.5, 0.6) is 0 Å². The number of nitrogens with one attached hydrogen (secondary N) is 1. The van der Waals surface area contributed by atoms with Crippen LogP contribution in [0, 0.1) is 0 Å². The summed E-state index contributed by atoms with van der Waals surface area (Å²) in [6.45, 7) is 1.87. The summed E-state index contributed by atoms with van der Waals surface area (Å²) >= 11 is 0. The van der Waals surface area contributed by atoms with Crippen LogP contribution in [0.3, 0.4) is 0 Å². The van der Waals surface area contributed by atoms with Crippen molar-refractivity contribution < 1.29 is 0 Å². The van der Waals surface area contributed by atoms with E-state index in [4.69, 9.17) is 0 Å². The minimum absolute atomic E-state index is 0. The van der Waals surface area contributed by atoms with Gasteiger partial charge in [-0.2, -0.15) is 0 Å². The topological polar surface area (TPSA) is 51.9 Å². The molecule has 3 heterocycles. The van der Waals surface area contributed by atoms with Crippen LogP contribution in [0.15, 0.2) is 77.7 Å². The predicted molar refractivity (Wildman–Crippen MR) is 119 cm³/mol. The molecule has 0 bridgehead atoms. The average Bonchev–Trinajstić information content (AvgIpc) is 3.07. The number of piperidine rings is 1. The Morgan fingerprint density at radius 1 is 0.862 bits per heavy atom. The first kappa shape index (κ1) is 19.4. The first-order valence-corrected chi connectivity index (χ1v) is 9.77. The number of hydrogen-bond acceptors (Lipinski definition) is 3. The largest absolute Gasteiger partial charge is 0.335 e. The van der Waals surface area contributed by atoms with Crippen molar-refractivity contribution in [1.29, 1.82) is 0 Å². The molecule has 0 atom stereocenters. The van der Waals surface area contributed by atoms with Crippen molar-refractivity contribution in [2.75, 3.05) is 13.1 Å². The van der Waals surface area contributed by atoms with Crippen LogP contribution in [0.1, 0.15) is 18.9 Å². The predicted octanol–water partition coefficient (Wildman–Crippen LogP) is 4.20. The monoisotopic (exact) mass is 406 g/mol. The summed E-state index contributed by atoms with van der Waals surface area (Å²) in [5.41, 5.74) is 4.80. The van der Waals surface area contributed by atoms with E-state index in [1.807, 2.05) is 47.0 Å². The standard InChI is InChI=1S/C23H22N4O.ClH/c28-23-26(19-10-8-18(9-11-19)17-5-2-1-3-6-17)21-7-4-14-25-22(21)27(23)20-12-15-24-16-13-20;/h1-11,14,20,24H,12-13,15-16H2;1H. The van der Waals surface area contributed by atoms with E-state index in [2.05, 4.69) is 34.6 Å². The lowest BCUT2D eigenvalue weighted by molar-refractivity contribution is 0.366. The number of hydrogen-bond donors (Lipinski definition) is 1. The molecule has 0 saturated carbocycles. The Balaban J connectivity index is 0.00000205. The quantitative estimate of drug-likeness (QED) is 0.554. The molecule has 0 aliphatic carbocycles. The van der Waals surface area contributed by atoms with Gasteiger partial charge in [0.2, 0.25) is 0 Å². The smallest absolute Gasteiger partial charge is 0.317 e. The first-order chi connectivity index (χ1) is 13.8. The Morgan fingerprint density at radius 3 is 2.28 bits per heavy atom. The number of pyridine rings is 1. The zero-order valence-corrected chi connectivity index (χ0v) is 16.8. The summed E-state index contributed by atoms with van der Waals surface area (Å²) in [4.78, 5) is 18.0. The Labute approximate surface area is 175 Å². The van der Waals surface area contributed by atoms with Crippen LogP contribution in [0.4, 0.5) is 0 Å². The summed E-state index contributed by atoms with van der Waals surface area (Å²) in [6.07, 6.45) is 3.66. The molecule has 2 aromatic heterocycles. The molecule has 0 spiro atoms. The molecular formula is C23H23ClN4O. The Morgan fingerprint density at radius 2 is 1.55 bits per heavy atom. The van der Waals surface area contributed by atoms with Crippen LogP contribution < -0.4 is 11.0 Å². The normalized spacial score (nSPS) is 14.6. The highest BCUT2D eigenvalue weighted by Gasteiger charge is 2.23. The maximum atomic E-state index is 13.4. The van der Waals surface area contributed by atoms with Crippen molar-refractivity contribution in [2.45, 2.75) is 18.9 Å². The van der Waals surface area contributed by atoms with Crippen LogP contribution in [0.25, 0.3) is 28.0 Å². The van der Waals surface area contributed by atoms with Crippen LogP contribution >= 0.6 is 12.4 Å². The zero-order valence-electron chi connectivity index (χ0n) is 16.0. The highest BCUT2D eigenvalue weighted by atomic mass is 35.5. The third kappa shape index (κ3) is 3.48. The summed E-state index contributed by atoms with van der Waals surface area (Å²) < 4.78 is 3.68. The molecule has 1 aliphatic rings. The van der Waals surface area contributed by atoms with Crippen LogP contribution in [0.2, 0.25) is 0 Å². The SMILES string of the molecule is Cl.O=c1n(-c2ccc(-c3ccccc3)cc2)c2cccnc2n1C1CCNCC1. The van der Waals surface area contributed by atoms with Gasteiger partial charge in [0.1, 0.15) is 0 Å². The number of benzene rings is 2. The second kappa shape index (κ2) is 8.23. The molecular weight excluding hydrogens is 384 g/mol. The molecule has 5 rings (SSSR count). The molecule has 0 amide bonds. The Kier molecular flexibility index (Phi) is 5.51. The van der Waals surface area contributed by atoms with Crippen molar-refractivity contribution in [3.8, 4) is 16.8 Å². The van der Waals surface area contributed by atoms with E-state index in [0.717, 1.165) is 48.3 Å². The molecule has 29 heavy (non-hydrogen) atoms. The second-order valence-electron chi connectivity index (χ2n) is 7.23. The molecule has 5 nitrogen and oxygen atoms in total. The van der Waals surface area contributed by atoms with Gasteiger partial charge in [0, 0.05) is 12.2 Å². The van der Waals surface area contributed by atoms with Crippen molar-refractivity contribution in [3.63, 3.8) is 0 Å². The van der Waals surface area contributed by atoms with Crippen LogP contribution in [-0.4, -0.2) is 27.2 Å². The van der Waals surface area contributed by atoms with E-state index >= 15 is 0 Å². The molecule has 148 valence electrons. The number of halogens is 1. The van der Waals surface area contributed by atoms with E-state index in [1.165, 1.54) is 5.56 Å². The minimum atomic E-state index is -0.00642. The average molecular weight is 407 g/mol. The molecule has 1 aliphatic heterocycles. The third-order valence-corrected chi connectivity index (χ3v) is 5.54. The summed E-state index contributed by atoms with van der Waals surface area (Å²) in [5, 5.41) is 3.37. The maximum absolute atomic E-state index is 13.4. The van der Waals surface area contributed by atoms with Gasteiger partial charge in [-0.05, 0) is 61.3 Å². The van der Waals surface area contributed by atoms with E-state index in [0.29, 0.717) is 0 Å². The molecule has 1 saturated heterocycles. The number of fused-ring (bicyclic) bond motifs is 1. The fourth-order valence-electron chi connectivity index (χ4n) is 4.13. The minimum Gasteiger partial charge on any atom is -0.317 e. The highest BCUT2D eigenvalue weighted by Crippen LogP contribution is 2.25. The summed E-state index contributed by atoms with van der Waals surface area (Å²) in [5.74, 6) is 0. The molecule has 6 heteroatoms. The second-order valence-corrected chi connectivity index (χ2v) is 7.23. The third-order valence-electron chi connectivity index (χ3n) is 5.54. The Bertz CT molecular complexity index is 1160. The maximum Gasteiger partial charge on any atom is 0.335 e. The number of nitrogens with zero attached hydrogens (tertiary/aromatic N) is 3. The van der Waals surface area contributed by atoms with E-state index < -0.39 is 0 Å². The van der Waals surface area contributed by atoms with Crippen LogP contribution in [-0.2, 0) is 0 Å². The van der Waals surface area contributed by atoms with E-state index in [1.54, 1.807) is 10.8 Å². The first-order valence-electron chi connectivity index (χ1n) is 9.77. The van der Waals surface area contributed by atoms with Gasteiger partial charge >= 0.3 is 5.69 Å². The van der Waals surface area contributed by atoms with Gasteiger partial charge in [-0.1, -0.05) is 42.5 Å². The molecule has 0 radical (unpaired) electrons. The molecule has 4 aromatic rings. The van der Waals surface area contributed by atoms with E-state index in [-0.39, 0.29) is 24.1 Å². The molecule has 1 fully saturated rings. The van der Waals surface area contributed by atoms with Gasteiger partial charge < -0.3 is 5.32 Å². The zero-order chi connectivity index (χ0) is 18.9. The fourth-order valence-corrected chi connectivity index (χ4v) is 4.13. The van der Waals surface area contributed by atoms with Crippen molar-refractivity contribution in [3.05, 3.63) is 83.4 Å². The van der Waals surface area contributed by atoms with Crippen molar-refractivity contribution >= 4 is 23.6 Å². The summed E-state index contributed by atoms with van der Waals surface area (Å²) in [6, 6.07) is 22.5.